The molecule has 2 aliphatic carbocycles. The number of hydrogen-bond acceptors (Lipinski definition) is 4. The monoisotopic (exact) mass is 336 g/mol. The molecule has 6 heteroatoms. The Labute approximate surface area is 143 Å². The summed E-state index contributed by atoms with van der Waals surface area (Å²) in [7, 11) is 3.44. The van der Waals surface area contributed by atoms with E-state index in [9.17, 15) is 14.4 Å². The Morgan fingerprint density at radius 1 is 1.38 bits per heavy atom. The molecule has 24 heavy (non-hydrogen) atoms. The van der Waals surface area contributed by atoms with E-state index in [1.165, 1.54) is 0 Å². The number of amides is 2. The number of nitrogens with one attached hydrogen (secondary N) is 1. The minimum atomic E-state index is -0.692. The Morgan fingerprint density at radius 2 is 2.08 bits per heavy atom. The van der Waals surface area contributed by atoms with Crippen molar-refractivity contribution in [3.63, 3.8) is 0 Å². The minimum absolute atomic E-state index is 0.00951. The van der Waals surface area contributed by atoms with E-state index in [1.54, 1.807) is 18.9 Å². The SMILES string of the molecule is COC1CC2C(=O)NC3(C(C)=O)CC3CCCN(C)C(=O)C2C1C. The smallest absolute Gasteiger partial charge is 0.226 e. The fourth-order valence-electron chi connectivity index (χ4n) is 4.79. The van der Waals surface area contributed by atoms with E-state index >= 15 is 0 Å². The zero-order valence-electron chi connectivity index (χ0n) is 15.0. The maximum absolute atomic E-state index is 12.9. The molecule has 1 aliphatic heterocycles. The van der Waals surface area contributed by atoms with Gasteiger partial charge in [0.25, 0.3) is 0 Å². The molecular formula is C18H28N2O4. The standard InChI is InChI=1S/C18H28N2O4/c1-10-14(24-4)8-13-15(10)17(23)20(3)7-5-6-12-9-18(12,11(2)21)19-16(13)22/h10,12-15H,5-9H2,1-4H3,(H,19,22). The van der Waals surface area contributed by atoms with Gasteiger partial charge < -0.3 is 15.0 Å². The average molecular weight is 336 g/mol. The van der Waals surface area contributed by atoms with Crippen molar-refractivity contribution in [3.8, 4) is 0 Å². The Hall–Kier alpha value is -1.43. The second-order valence-electron chi connectivity index (χ2n) is 7.82. The summed E-state index contributed by atoms with van der Waals surface area (Å²) in [5.41, 5.74) is -0.692. The molecule has 1 saturated heterocycles. The van der Waals surface area contributed by atoms with E-state index in [1.807, 2.05) is 14.0 Å². The third-order valence-corrected chi connectivity index (χ3v) is 6.50. The van der Waals surface area contributed by atoms with Crippen LogP contribution in [0.15, 0.2) is 0 Å². The van der Waals surface area contributed by atoms with Crippen LogP contribution >= 0.6 is 0 Å². The van der Waals surface area contributed by atoms with Gasteiger partial charge in [0, 0.05) is 20.7 Å². The normalized spacial score (nSPS) is 42.7. The molecule has 134 valence electrons. The fourth-order valence-corrected chi connectivity index (χ4v) is 4.79. The van der Waals surface area contributed by atoms with Crippen molar-refractivity contribution >= 4 is 17.6 Å². The maximum Gasteiger partial charge on any atom is 0.226 e. The highest BCUT2D eigenvalue weighted by Gasteiger charge is 2.60. The number of hydrogen-bond donors (Lipinski definition) is 1. The third-order valence-electron chi connectivity index (χ3n) is 6.50. The minimum Gasteiger partial charge on any atom is -0.381 e. The molecule has 3 rings (SSSR count). The molecule has 3 aliphatic rings. The lowest BCUT2D eigenvalue weighted by Crippen LogP contribution is -2.48. The largest absolute Gasteiger partial charge is 0.381 e. The molecule has 0 spiro atoms. The van der Waals surface area contributed by atoms with E-state index in [2.05, 4.69) is 5.32 Å². The Balaban J connectivity index is 1.92. The number of Topliss-reactive ketones (excluding diaryl/α,β-unsaturated/α-hetero) is 1. The van der Waals surface area contributed by atoms with Gasteiger partial charge in [-0.05, 0) is 44.4 Å². The summed E-state index contributed by atoms with van der Waals surface area (Å²) in [6, 6.07) is 0. The Kier molecular flexibility index (Phi) is 4.45. The third kappa shape index (κ3) is 2.65. The van der Waals surface area contributed by atoms with E-state index in [0.29, 0.717) is 13.0 Å². The summed E-state index contributed by atoms with van der Waals surface area (Å²) in [6.45, 7) is 4.22. The highest BCUT2D eigenvalue weighted by molar-refractivity contribution is 5.96. The first-order chi connectivity index (χ1) is 11.3. The molecule has 6 nitrogen and oxygen atoms in total. The quantitative estimate of drug-likeness (QED) is 0.816. The molecule has 1 heterocycles. The van der Waals surface area contributed by atoms with Crippen LogP contribution in [0.3, 0.4) is 0 Å². The molecule has 0 aromatic heterocycles. The molecule has 0 radical (unpaired) electrons. The summed E-state index contributed by atoms with van der Waals surface area (Å²) in [5, 5.41) is 3.02. The second-order valence-corrected chi connectivity index (χ2v) is 7.82. The van der Waals surface area contributed by atoms with Gasteiger partial charge in [-0.3, -0.25) is 14.4 Å². The lowest BCUT2D eigenvalue weighted by Gasteiger charge is -2.27. The van der Waals surface area contributed by atoms with Crippen LogP contribution in [0.4, 0.5) is 0 Å². The number of ketones is 1. The van der Waals surface area contributed by atoms with Crippen LogP contribution in [-0.2, 0) is 19.1 Å². The number of rotatable bonds is 2. The Bertz CT molecular complexity index is 563. The summed E-state index contributed by atoms with van der Waals surface area (Å²) in [5.74, 6) is -0.705. The molecule has 0 aromatic rings. The van der Waals surface area contributed by atoms with Gasteiger partial charge in [0.1, 0.15) is 5.54 Å². The van der Waals surface area contributed by atoms with E-state index in [-0.39, 0.29) is 41.5 Å². The highest BCUT2D eigenvalue weighted by atomic mass is 16.5. The van der Waals surface area contributed by atoms with Crippen molar-refractivity contribution in [2.75, 3.05) is 20.7 Å². The van der Waals surface area contributed by atoms with Gasteiger partial charge in [-0.15, -0.1) is 0 Å². The molecule has 6 atom stereocenters. The molecule has 2 amide bonds. The van der Waals surface area contributed by atoms with Gasteiger partial charge in [-0.2, -0.15) is 0 Å². The summed E-state index contributed by atoms with van der Waals surface area (Å²) in [6.07, 6.45) is 2.88. The lowest BCUT2D eigenvalue weighted by atomic mass is 9.87. The van der Waals surface area contributed by atoms with Crippen LogP contribution in [-0.4, -0.2) is 54.8 Å². The number of methoxy groups -OCH3 is 1. The van der Waals surface area contributed by atoms with Crippen LogP contribution in [0.2, 0.25) is 0 Å². The predicted octanol–water partition coefficient (Wildman–Crippen LogP) is 0.990. The van der Waals surface area contributed by atoms with Crippen molar-refractivity contribution in [3.05, 3.63) is 0 Å². The number of ether oxygens (including phenoxy) is 1. The summed E-state index contributed by atoms with van der Waals surface area (Å²) < 4.78 is 5.51. The first-order valence-corrected chi connectivity index (χ1v) is 8.92. The highest BCUT2D eigenvalue weighted by Crippen LogP contribution is 2.49. The van der Waals surface area contributed by atoms with Crippen LogP contribution in [0.1, 0.15) is 39.5 Å². The van der Waals surface area contributed by atoms with Gasteiger partial charge in [-0.25, -0.2) is 0 Å². The van der Waals surface area contributed by atoms with E-state index in [4.69, 9.17) is 4.74 Å². The topological polar surface area (TPSA) is 75.7 Å². The van der Waals surface area contributed by atoms with Gasteiger partial charge in [0.2, 0.25) is 11.8 Å². The summed E-state index contributed by atoms with van der Waals surface area (Å²) in [4.78, 5) is 39.7. The van der Waals surface area contributed by atoms with Crippen molar-refractivity contribution in [2.45, 2.75) is 51.2 Å². The number of fused-ring (bicyclic) bond motifs is 2. The molecule has 0 aromatic carbocycles. The second kappa shape index (κ2) is 6.14. The van der Waals surface area contributed by atoms with Crippen molar-refractivity contribution in [1.82, 2.24) is 10.2 Å². The first-order valence-electron chi connectivity index (χ1n) is 8.92. The molecule has 0 bridgehead atoms. The molecule has 1 N–H and O–H groups in total. The van der Waals surface area contributed by atoms with Crippen molar-refractivity contribution in [2.24, 2.45) is 23.7 Å². The van der Waals surface area contributed by atoms with Gasteiger partial charge >= 0.3 is 0 Å². The number of carbonyl (C=O) groups is 3. The Morgan fingerprint density at radius 3 is 2.71 bits per heavy atom. The van der Waals surface area contributed by atoms with Crippen LogP contribution in [0.5, 0.6) is 0 Å². The number of carbonyl (C=O) groups excluding carboxylic acids is 3. The van der Waals surface area contributed by atoms with Crippen molar-refractivity contribution in [1.29, 1.82) is 0 Å². The summed E-state index contributed by atoms with van der Waals surface area (Å²) >= 11 is 0. The maximum atomic E-state index is 12.9. The van der Waals surface area contributed by atoms with Crippen LogP contribution in [0, 0.1) is 23.7 Å². The van der Waals surface area contributed by atoms with Gasteiger partial charge in [0.05, 0.1) is 17.9 Å². The zero-order chi connectivity index (χ0) is 17.6. The molecular weight excluding hydrogens is 308 g/mol. The fraction of sp³-hybridized carbons (Fsp3) is 0.833. The zero-order valence-corrected chi connectivity index (χ0v) is 15.0. The lowest BCUT2D eigenvalue weighted by molar-refractivity contribution is -0.141. The van der Waals surface area contributed by atoms with E-state index < -0.39 is 11.5 Å². The molecule has 2 saturated carbocycles. The predicted molar refractivity (Wildman–Crippen MR) is 88.1 cm³/mol. The van der Waals surface area contributed by atoms with Crippen LogP contribution < -0.4 is 5.32 Å². The van der Waals surface area contributed by atoms with Crippen LogP contribution in [0.25, 0.3) is 0 Å². The van der Waals surface area contributed by atoms with Gasteiger partial charge in [-0.1, -0.05) is 6.92 Å². The first kappa shape index (κ1) is 17.4. The molecule has 6 unspecified atom stereocenters. The van der Waals surface area contributed by atoms with Crippen molar-refractivity contribution < 1.29 is 19.1 Å². The van der Waals surface area contributed by atoms with E-state index in [0.717, 1.165) is 19.3 Å². The number of nitrogens with zero attached hydrogens (tertiary/aromatic N) is 1. The average Bonchev–Trinajstić information content (AvgIpc) is 3.12. The van der Waals surface area contributed by atoms with Gasteiger partial charge in [0.15, 0.2) is 5.78 Å². The molecule has 3 fully saturated rings.